The number of rotatable bonds is 3. The van der Waals surface area contributed by atoms with Crippen LogP contribution in [0.15, 0.2) is 0 Å². The normalized spacial score (nSPS) is 42.0. The van der Waals surface area contributed by atoms with Crippen LogP contribution in [0.5, 0.6) is 0 Å². The number of nitrogens with one attached hydrogen (secondary N) is 1. The Morgan fingerprint density at radius 1 is 1.50 bits per heavy atom. The van der Waals surface area contributed by atoms with Gasteiger partial charge in [-0.25, -0.2) is 0 Å². The molecule has 0 saturated heterocycles. The molecule has 0 aromatic heterocycles. The maximum atomic E-state index is 9.12. The molecule has 0 spiro atoms. The third kappa shape index (κ3) is 1.80. The summed E-state index contributed by atoms with van der Waals surface area (Å²) in [5.41, 5.74) is 0. The Morgan fingerprint density at radius 3 is 3.08 bits per heavy atom. The van der Waals surface area contributed by atoms with E-state index in [0.29, 0.717) is 0 Å². The van der Waals surface area contributed by atoms with Crippen molar-refractivity contribution in [2.75, 3.05) is 6.54 Å². The van der Waals surface area contributed by atoms with Crippen LogP contribution in [0.1, 0.15) is 32.6 Å². The lowest BCUT2D eigenvalue weighted by atomic mass is 9.95. The molecule has 0 aromatic rings. The fraction of sp³-hybridized carbons (Fsp3) is 1.00. The zero-order valence-corrected chi connectivity index (χ0v) is 7.79. The molecule has 2 saturated carbocycles. The average molecular weight is 169 g/mol. The van der Waals surface area contributed by atoms with Crippen molar-refractivity contribution >= 4 is 0 Å². The highest BCUT2D eigenvalue weighted by Gasteiger charge is 2.44. The molecular formula is C10H19NO. The first-order chi connectivity index (χ1) is 5.77. The second-order valence-corrected chi connectivity index (χ2v) is 4.45. The Kier molecular flexibility index (Phi) is 2.37. The molecule has 2 N–H and O–H groups in total. The molecule has 0 aromatic carbocycles. The van der Waals surface area contributed by atoms with Gasteiger partial charge in [-0.15, -0.1) is 0 Å². The van der Waals surface area contributed by atoms with Crippen molar-refractivity contribution in [3.05, 3.63) is 0 Å². The third-order valence-electron chi connectivity index (χ3n) is 3.26. The molecule has 2 nitrogen and oxygen atoms in total. The van der Waals surface area contributed by atoms with E-state index < -0.39 is 0 Å². The van der Waals surface area contributed by atoms with Crippen molar-refractivity contribution in [3.8, 4) is 0 Å². The van der Waals surface area contributed by atoms with Crippen LogP contribution < -0.4 is 5.32 Å². The maximum absolute atomic E-state index is 9.12. The van der Waals surface area contributed by atoms with E-state index in [1.165, 1.54) is 25.7 Å². The molecule has 2 aliphatic carbocycles. The molecule has 0 aliphatic heterocycles. The van der Waals surface area contributed by atoms with Crippen molar-refractivity contribution in [1.29, 1.82) is 0 Å². The average Bonchev–Trinajstić information content (AvgIpc) is 2.78. The lowest BCUT2D eigenvalue weighted by Gasteiger charge is -2.23. The van der Waals surface area contributed by atoms with E-state index in [1.807, 2.05) is 6.92 Å². The van der Waals surface area contributed by atoms with Gasteiger partial charge in [0.2, 0.25) is 0 Å². The predicted molar refractivity (Wildman–Crippen MR) is 48.9 cm³/mol. The molecule has 2 fully saturated rings. The summed E-state index contributed by atoms with van der Waals surface area (Å²) in [6.45, 7) is 2.62. The number of aliphatic hydroxyl groups is 1. The first-order valence-corrected chi connectivity index (χ1v) is 5.19. The number of hydrogen-bond donors (Lipinski definition) is 2. The molecule has 70 valence electrons. The Bertz CT molecular complexity index is 158. The van der Waals surface area contributed by atoms with E-state index >= 15 is 0 Å². The van der Waals surface area contributed by atoms with Crippen LogP contribution in [0, 0.1) is 11.8 Å². The van der Waals surface area contributed by atoms with E-state index in [-0.39, 0.29) is 6.10 Å². The number of hydrogen-bond acceptors (Lipinski definition) is 2. The van der Waals surface area contributed by atoms with Gasteiger partial charge in [0, 0.05) is 12.6 Å². The highest BCUT2D eigenvalue weighted by molar-refractivity contribution is 4.98. The van der Waals surface area contributed by atoms with Gasteiger partial charge < -0.3 is 10.4 Å². The number of aliphatic hydroxyl groups excluding tert-OH is 1. The fourth-order valence-electron chi connectivity index (χ4n) is 2.49. The Morgan fingerprint density at radius 2 is 2.33 bits per heavy atom. The summed E-state index contributed by atoms with van der Waals surface area (Å²) >= 11 is 0. The zero-order valence-electron chi connectivity index (χ0n) is 7.79. The molecule has 2 heteroatoms. The van der Waals surface area contributed by atoms with E-state index in [4.69, 9.17) is 5.11 Å². The van der Waals surface area contributed by atoms with Crippen LogP contribution in [-0.4, -0.2) is 23.8 Å². The quantitative estimate of drug-likeness (QED) is 0.664. The monoisotopic (exact) mass is 169 g/mol. The van der Waals surface area contributed by atoms with Gasteiger partial charge in [-0.2, -0.15) is 0 Å². The van der Waals surface area contributed by atoms with E-state index in [0.717, 1.165) is 24.4 Å². The van der Waals surface area contributed by atoms with Crippen molar-refractivity contribution in [2.45, 2.75) is 44.8 Å². The molecule has 12 heavy (non-hydrogen) atoms. The van der Waals surface area contributed by atoms with Gasteiger partial charge in [0.1, 0.15) is 0 Å². The topological polar surface area (TPSA) is 32.3 Å². The highest BCUT2D eigenvalue weighted by Crippen LogP contribution is 2.49. The van der Waals surface area contributed by atoms with Gasteiger partial charge in [-0.3, -0.25) is 0 Å². The first-order valence-electron chi connectivity index (χ1n) is 5.19. The van der Waals surface area contributed by atoms with Gasteiger partial charge in [0.25, 0.3) is 0 Å². The lowest BCUT2D eigenvalue weighted by molar-refractivity contribution is 0.179. The Labute approximate surface area is 74.4 Å². The van der Waals surface area contributed by atoms with E-state index in [9.17, 15) is 0 Å². The highest BCUT2D eigenvalue weighted by atomic mass is 16.3. The van der Waals surface area contributed by atoms with Gasteiger partial charge in [0.05, 0.1) is 6.10 Å². The second-order valence-electron chi connectivity index (χ2n) is 4.45. The van der Waals surface area contributed by atoms with Crippen LogP contribution in [0.3, 0.4) is 0 Å². The van der Waals surface area contributed by atoms with Crippen molar-refractivity contribution in [2.24, 2.45) is 11.8 Å². The van der Waals surface area contributed by atoms with Gasteiger partial charge in [0.15, 0.2) is 0 Å². The van der Waals surface area contributed by atoms with Crippen molar-refractivity contribution < 1.29 is 5.11 Å². The molecule has 0 heterocycles. The van der Waals surface area contributed by atoms with Gasteiger partial charge >= 0.3 is 0 Å². The SMILES string of the molecule is C[C@H](O)CNC1CCCC2CC21. The smallest absolute Gasteiger partial charge is 0.0636 e. The molecule has 3 unspecified atom stereocenters. The van der Waals surface area contributed by atoms with Crippen LogP contribution in [-0.2, 0) is 0 Å². The van der Waals surface area contributed by atoms with Crippen molar-refractivity contribution in [3.63, 3.8) is 0 Å². The molecular weight excluding hydrogens is 150 g/mol. The minimum absolute atomic E-state index is 0.191. The molecule has 0 bridgehead atoms. The van der Waals surface area contributed by atoms with Crippen molar-refractivity contribution in [1.82, 2.24) is 5.32 Å². The summed E-state index contributed by atoms with van der Waals surface area (Å²) in [5, 5.41) is 12.6. The fourth-order valence-corrected chi connectivity index (χ4v) is 2.49. The van der Waals surface area contributed by atoms with Crippen LogP contribution in [0.25, 0.3) is 0 Å². The summed E-state index contributed by atoms with van der Waals surface area (Å²) in [4.78, 5) is 0. The predicted octanol–water partition coefficient (Wildman–Crippen LogP) is 1.15. The van der Waals surface area contributed by atoms with Crippen LogP contribution in [0.4, 0.5) is 0 Å². The summed E-state index contributed by atoms with van der Waals surface area (Å²) in [5.74, 6) is 1.99. The summed E-state index contributed by atoms with van der Waals surface area (Å²) in [6, 6.07) is 0.721. The Balaban J connectivity index is 1.73. The van der Waals surface area contributed by atoms with Gasteiger partial charge in [-0.1, -0.05) is 12.8 Å². The van der Waals surface area contributed by atoms with E-state index in [1.54, 1.807) is 0 Å². The summed E-state index contributed by atoms with van der Waals surface area (Å²) in [7, 11) is 0. The minimum atomic E-state index is -0.191. The summed E-state index contributed by atoms with van der Waals surface area (Å²) < 4.78 is 0. The maximum Gasteiger partial charge on any atom is 0.0636 e. The third-order valence-corrected chi connectivity index (χ3v) is 3.26. The summed E-state index contributed by atoms with van der Waals surface area (Å²) in [6.07, 6.45) is 5.42. The molecule has 0 radical (unpaired) electrons. The first kappa shape index (κ1) is 8.52. The largest absolute Gasteiger partial charge is 0.392 e. The van der Waals surface area contributed by atoms with Crippen LogP contribution in [0.2, 0.25) is 0 Å². The second kappa shape index (κ2) is 3.35. The molecule has 4 atom stereocenters. The molecule has 2 rings (SSSR count). The van der Waals surface area contributed by atoms with E-state index in [2.05, 4.69) is 5.32 Å². The standard InChI is InChI=1S/C10H19NO/c1-7(12)6-11-10-4-2-3-8-5-9(8)10/h7-12H,2-6H2,1H3/t7-,8?,9?,10?/m0/s1. The number of fused-ring (bicyclic) bond motifs is 1. The lowest BCUT2D eigenvalue weighted by Crippen LogP contribution is -2.37. The van der Waals surface area contributed by atoms with Gasteiger partial charge in [-0.05, 0) is 31.6 Å². The van der Waals surface area contributed by atoms with Crippen LogP contribution >= 0.6 is 0 Å². The molecule has 0 amide bonds. The Hall–Kier alpha value is -0.0800. The minimum Gasteiger partial charge on any atom is -0.392 e. The zero-order chi connectivity index (χ0) is 8.55. The molecule has 2 aliphatic rings.